The van der Waals surface area contributed by atoms with Crippen molar-refractivity contribution in [3.63, 3.8) is 0 Å². The van der Waals surface area contributed by atoms with Crippen molar-refractivity contribution in [2.75, 3.05) is 0 Å². The summed E-state index contributed by atoms with van der Waals surface area (Å²) in [6.45, 7) is 13.8. The summed E-state index contributed by atoms with van der Waals surface area (Å²) in [7, 11) is -1.56. The molecular weight excluding hydrogens is 795 g/mol. The smallest absolute Gasteiger partial charge is 0.216 e. The molecule has 0 fully saturated rings. The van der Waals surface area contributed by atoms with E-state index in [1.807, 2.05) is 85.1 Å². The molecule has 1 radical (unpaired) electrons. The zero-order valence-electron chi connectivity index (χ0n) is 31.9. The number of furan rings is 1. The molecule has 0 unspecified atom stereocenters. The minimum absolute atomic E-state index is 0. The zero-order chi connectivity index (χ0) is 36.3. The number of rotatable bonds is 3. The van der Waals surface area contributed by atoms with E-state index in [4.69, 9.17) is 13.5 Å². The molecule has 0 atom stereocenters. The molecule has 0 bridgehead atoms. The van der Waals surface area contributed by atoms with Crippen LogP contribution in [0.3, 0.4) is 0 Å². The van der Waals surface area contributed by atoms with E-state index in [1.54, 1.807) is 12.3 Å². The van der Waals surface area contributed by atoms with E-state index in [1.165, 1.54) is 10.8 Å². The Morgan fingerprint density at radius 3 is 2.27 bits per heavy atom. The second kappa shape index (κ2) is 12.9. The minimum atomic E-state index is -2.36. The fraction of sp³-hybridized carbons (Fsp3) is 0.233. The second-order valence-corrected chi connectivity index (χ2v) is 19.7. The Balaban J connectivity index is 0.000000302. The van der Waals surface area contributed by atoms with Gasteiger partial charge in [0.05, 0.1) is 13.7 Å². The Labute approximate surface area is 308 Å². The van der Waals surface area contributed by atoms with Gasteiger partial charge in [0.15, 0.2) is 0 Å². The molecule has 1 aliphatic rings. The van der Waals surface area contributed by atoms with Crippen LogP contribution in [0.1, 0.15) is 48.6 Å². The number of aryl methyl sites for hydroxylation is 1. The standard InChI is InChI=1S/C32H33N2OSi.C11H8N.Ir/c1-19-16-24(20-12-10-9-11-13-20)26-22-14-15-23-27(29(22)35-30(26)34-19)32(4,5)31(2,3)25-17-21(36(6,7)8)18-33-28(23)25;1-2-6-10(7-3-1)11-8-4-5-9-12-11;/h9-14,16-18H,1-8H3;1-6,8-9H;/q2*-1;/i1D3;;. The number of benzene rings is 3. The monoisotopic (exact) mass is 839 g/mol. The first-order chi connectivity index (χ1) is 24.1. The first-order valence-corrected chi connectivity index (χ1v) is 19.9. The predicted octanol–water partition coefficient (Wildman–Crippen LogP) is 10.5. The second-order valence-electron chi connectivity index (χ2n) is 14.6. The van der Waals surface area contributed by atoms with Crippen LogP contribution >= 0.6 is 0 Å². The van der Waals surface area contributed by atoms with Crippen molar-refractivity contribution >= 4 is 35.3 Å². The van der Waals surface area contributed by atoms with Crippen LogP contribution in [0.5, 0.6) is 0 Å². The molecular formula is C43H41IrN3OSi-2. The van der Waals surface area contributed by atoms with Crippen LogP contribution in [0.15, 0.2) is 108 Å². The van der Waals surface area contributed by atoms with Crippen LogP contribution in [-0.2, 0) is 30.9 Å². The number of fused-ring (bicyclic) bond motifs is 7. The molecule has 0 saturated carbocycles. The summed E-state index contributed by atoms with van der Waals surface area (Å²) < 4.78 is 30.8. The van der Waals surface area contributed by atoms with Gasteiger partial charge in [0, 0.05) is 47.7 Å². The van der Waals surface area contributed by atoms with Gasteiger partial charge in [-0.3, -0.25) is 0 Å². The number of hydrogen-bond donors (Lipinski definition) is 0. The summed E-state index contributed by atoms with van der Waals surface area (Å²) in [5, 5.41) is 3.04. The molecule has 6 heteroatoms. The van der Waals surface area contributed by atoms with Crippen molar-refractivity contribution in [1.29, 1.82) is 0 Å². The third-order valence-electron chi connectivity index (χ3n) is 10.1. The van der Waals surface area contributed by atoms with Crippen molar-refractivity contribution in [2.24, 2.45) is 0 Å². The van der Waals surface area contributed by atoms with Crippen LogP contribution in [0.25, 0.3) is 55.7 Å². The van der Waals surface area contributed by atoms with E-state index >= 15 is 0 Å². The third-order valence-corrected chi connectivity index (χ3v) is 12.1. The average Bonchev–Trinajstić information content (AvgIpc) is 3.49. The SMILES string of the molecule is [2H]C([2H])([2H])c1cc(-c2ccccc2)c2c(n1)oc1c3c([c-]cc12)-c1ncc([Si](C)(C)C)cc1C(C)(C)C3(C)C.[Ir].[c-]1ccccc1-c1ccccn1. The van der Waals surface area contributed by atoms with Crippen molar-refractivity contribution in [3.05, 3.63) is 132 Å². The van der Waals surface area contributed by atoms with Crippen molar-refractivity contribution < 1.29 is 28.6 Å². The molecule has 8 rings (SSSR count). The molecule has 1 aliphatic carbocycles. The summed E-state index contributed by atoms with van der Waals surface area (Å²) in [5.41, 5.74) is 8.39. The van der Waals surface area contributed by atoms with E-state index in [9.17, 15) is 0 Å². The number of nitrogens with zero attached hydrogens (tertiary/aromatic N) is 3. The van der Waals surface area contributed by atoms with E-state index in [2.05, 4.69) is 75.5 Å². The van der Waals surface area contributed by atoms with Gasteiger partial charge in [-0.05, 0) is 57.5 Å². The van der Waals surface area contributed by atoms with Crippen LogP contribution in [0, 0.1) is 19.0 Å². The van der Waals surface area contributed by atoms with Gasteiger partial charge in [0.2, 0.25) is 5.71 Å². The van der Waals surface area contributed by atoms with Gasteiger partial charge in [0.1, 0.15) is 0 Å². The van der Waals surface area contributed by atoms with Crippen molar-refractivity contribution in [3.8, 4) is 33.6 Å². The summed E-state index contributed by atoms with van der Waals surface area (Å²) in [4.78, 5) is 13.8. The van der Waals surface area contributed by atoms with Gasteiger partial charge in [0.25, 0.3) is 0 Å². The Kier molecular flexibility index (Phi) is 8.12. The number of aromatic nitrogens is 3. The van der Waals surface area contributed by atoms with Crippen LogP contribution in [0.4, 0.5) is 0 Å². The summed E-state index contributed by atoms with van der Waals surface area (Å²) in [5.74, 6) is 0. The molecule has 7 aromatic rings. The molecule has 4 heterocycles. The quantitative estimate of drug-likeness (QED) is 0.131. The molecule has 0 amide bonds. The molecule has 4 aromatic heterocycles. The maximum atomic E-state index is 8.07. The van der Waals surface area contributed by atoms with E-state index in [0.717, 1.165) is 55.6 Å². The molecule has 249 valence electrons. The summed E-state index contributed by atoms with van der Waals surface area (Å²) >= 11 is 0. The van der Waals surface area contributed by atoms with Gasteiger partial charge >= 0.3 is 0 Å². The van der Waals surface area contributed by atoms with Gasteiger partial charge in [-0.15, -0.1) is 53.6 Å². The Hall–Kier alpha value is -4.22. The molecule has 49 heavy (non-hydrogen) atoms. The fourth-order valence-electron chi connectivity index (χ4n) is 6.68. The molecule has 0 aliphatic heterocycles. The minimum Gasteiger partial charge on any atom is -0.458 e. The molecule has 0 spiro atoms. The van der Waals surface area contributed by atoms with Gasteiger partial charge in [-0.2, -0.15) is 0 Å². The Bertz CT molecular complexity index is 2350. The maximum absolute atomic E-state index is 8.07. The number of pyridine rings is 3. The third kappa shape index (κ3) is 6.01. The average molecular weight is 839 g/mol. The molecule has 3 aromatic carbocycles. The molecule has 0 saturated heterocycles. The zero-order valence-corrected chi connectivity index (χ0v) is 32.3. The maximum Gasteiger partial charge on any atom is 0.216 e. The van der Waals surface area contributed by atoms with Gasteiger partial charge in [-0.25, -0.2) is 4.98 Å². The molecule has 0 N–H and O–H groups in total. The van der Waals surface area contributed by atoms with Crippen LogP contribution in [0.2, 0.25) is 19.6 Å². The van der Waals surface area contributed by atoms with Crippen LogP contribution < -0.4 is 5.19 Å². The van der Waals surface area contributed by atoms with Gasteiger partial charge in [-0.1, -0.05) is 112 Å². The van der Waals surface area contributed by atoms with E-state index in [-0.39, 0.29) is 36.6 Å². The van der Waals surface area contributed by atoms with E-state index in [0.29, 0.717) is 5.71 Å². The largest absolute Gasteiger partial charge is 0.458 e. The number of hydrogen-bond acceptors (Lipinski definition) is 4. The first-order valence-electron chi connectivity index (χ1n) is 17.9. The van der Waals surface area contributed by atoms with E-state index < -0.39 is 14.9 Å². The topological polar surface area (TPSA) is 51.8 Å². The van der Waals surface area contributed by atoms with Crippen molar-refractivity contribution in [1.82, 2.24) is 15.0 Å². The first kappa shape index (κ1) is 30.8. The summed E-state index contributed by atoms with van der Waals surface area (Å²) in [6, 6.07) is 36.3. The fourth-order valence-corrected chi connectivity index (χ4v) is 7.71. The van der Waals surface area contributed by atoms with Gasteiger partial charge < -0.3 is 14.4 Å². The van der Waals surface area contributed by atoms with Crippen LogP contribution in [-0.4, -0.2) is 23.0 Å². The Morgan fingerprint density at radius 1 is 0.837 bits per heavy atom. The van der Waals surface area contributed by atoms with Crippen molar-refractivity contribution in [2.45, 2.75) is 65.0 Å². The predicted molar refractivity (Wildman–Crippen MR) is 201 cm³/mol. The summed E-state index contributed by atoms with van der Waals surface area (Å²) in [6.07, 6.45) is 3.83. The molecule has 4 nitrogen and oxygen atoms in total. The Morgan fingerprint density at radius 2 is 1.59 bits per heavy atom. The normalized spacial score (nSPS) is 15.4.